The first-order chi connectivity index (χ1) is 12.6. The third-order valence-electron chi connectivity index (χ3n) is 6.20. The Kier molecular flexibility index (Phi) is 7.50. The molecule has 0 aromatic heterocycles. The van der Waals surface area contributed by atoms with Crippen molar-refractivity contribution < 1.29 is 23.7 Å². The summed E-state index contributed by atoms with van der Waals surface area (Å²) in [5.41, 5.74) is 0. The van der Waals surface area contributed by atoms with Crippen LogP contribution in [0.25, 0.3) is 0 Å². The van der Waals surface area contributed by atoms with Crippen molar-refractivity contribution in [2.45, 2.75) is 96.2 Å². The smallest absolute Gasteiger partial charge is 0.158 e. The van der Waals surface area contributed by atoms with E-state index in [0.717, 1.165) is 38.5 Å². The van der Waals surface area contributed by atoms with Crippen LogP contribution in [0.4, 0.5) is 4.39 Å². The predicted octanol–water partition coefficient (Wildman–Crippen LogP) is 4.36. The summed E-state index contributed by atoms with van der Waals surface area (Å²) < 4.78 is 32.1. The molecule has 5 heteroatoms. The predicted molar refractivity (Wildman–Crippen MR) is 98.3 cm³/mol. The quantitative estimate of drug-likeness (QED) is 0.645. The zero-order valence-corrected chi connectivity index (χ0v) is 16.2. The van der Waals surface area contributed by atoms with Gasteiger partial charge in [0.15, 0.2) is 12.6 Å². The Morgan fingerprint density at radius 3 is 2.88 bits per heavy atom. The molecule has 0 aromatic carbocycles. The number of halogens is 1. The Morgan fingerprint density at radius 1 is 1.31 bits per heavy atom. The number of aliphatic hydroxyl groups excluding tert-OH is 1. The van der Waals surface area contributed by atoms with Gasteiger partial charge in [-0.2, -0.15) is 0 Å². The van der Waals surface area contributed by atoms with E-state index >= 15 is 0 Å². The molecule has 26 heavy (non-hydrogen) atoms. The third-order valence-corrected chi connectivity index (χ3v) is 6.20. The molecular formula is C21H35FO4. The highest BCUT2D eigenvalue weighted by Gasteiger charge is 2.46. The number of ether oxygens (including phenoxy) is 3. The molecule has 1 aliphatic carbocycles. The van der Waals surface area contributed by atoms with Gasteiger partial charge in [-0.15, -0.1) is 0 Å². The molecule has 2 saturated heterocycles. The van der Waals surface area contributed by atoms with E-state index < -0.39 is 18.6 Å². The second-order valence-electron chi connectivity index (χ2n) is 8.26. The molecule has 150 valence electrons. The summed E-state index contributed by atoms with van der Waals surface area (Å²) in [6.45, 7) is 4.99. The van der Waals surface area contributed by atoms with E-state index in [1.807, 2.05) is 6.08 Å². The van der Waals surface area contributed by atoms with Gasteiger partial charge >= 0.3 is 0 Å². The number of alkyl halides is 1. The monoisotopic (exact) mass is 370 g/mol. The van der Waals surface area contributed by atoms with Crippen molar-refractivity contribution in [2.24, 2.45) is 17.8 Å². The number of rotatable bonds is 8. The van der Waals surface area contributed by atoms with Crippen LogP contribution >= 0.6 is 0 Å². The van der Waals surface area contributed by atoms with Crippen molar-refractivity contribution in [1.82, 2.24) is 0 Å². The second-order valence-corrected chi connectivity index (χ2v) is 8.26. The molecule has 0 radical (unpaired) electrons. The Hall–Kier alpha value is -0.490. The van der Waals surface area contributed by atoms with Gasteiger partial charge in [0, 0.05) is 13.0 Å². The van der Waals surface area contributed by atoms with Crippen molar-refractivity contribution in [3.05, 3.63) is 12.2 Å². The van der Waals surface area contributed by atoms with Crippen LogP contribution in [0.3, 0.4) is 0 Å². The van der Waals surface area contributed by atoms with Crippen molar-refractivity contribution in [1.29, 1.82) is 0 Å². The fourth-order valence-corrected chi connectivity index (χ4v) is 4.70. The summed E-state index contributed by atoms with van der Waals surface area (Å²) in [5.74, 6) is 1.12. The minimum atomic E-state index is -1.00. The average Bonchev–Trinajstić information content (AvgIpc) is 3.12. The number of unbranched alkanes of at least 4 members (excludes halogenated alkanes) is 1. The zero-order valence-electron chi connectivity index (χ0n) is 16.2. The number of hydrogen-bond donors (Lipinski definition) is 1. The standard InChI is InChI=1S/C21H35FO4/c1-3-4-7-17(22)18(26-21-8-5-6-11-24-21)10-9-15-14(2)12-19-16(15)13-20(23)25-19/h9-10,14-21,23H,3-8,11-13H2,1-2H3/t14-,15+,16-,17-,18-,19+,20-,21?/m1/s1. The first kappa shape index (κ1) is 20.2. The normalized spacial score (nSPS) is 40.0. The second kappa shape index (κ2) is 9.63. The molecule has 4 nitrogen and oxygen atoms in total. The Morgan fingerprint density at radius 2 is 2.15 bits per heavy atom. The molecular weight excluding hydrogens is 335 g/mol. The van der Waals surface area contributed by atoms with Gasteiger partial charge in [-0.1, -0.05) is 38.8 Å². The van der Waals surface area contributed by atoms with E-state index in [4.69, 9.17) is 14.2 Å². The van der Waals surface area contributed by atoms with Crippen LogP contribution in [0.15, 0.2) is 12.2 Å². The minimum Gasteiger partial charge on any atom is -0.368 e. The fraction of sp³-hybridized carbons (Fsp3) is 0.905. The van der Waals surface area contributed by atoms with Gasteiger partial charge in [0.2, 0.25) is 0 Å². The molecule has 2 heterocycles. The van der Waals surface area contributed by atoms with Crippen LogP contribution in [0.1, 0.15) is 65.2 Å². The van der Waals surface area contributed by atoms with E-state index in [1.54, 1.807) is 0 Å². The fourth-order valence-electron chi connectivity index (χ4n) is 4.70. The molecule has 0 spiro atoms. The first-order valence-electron chi connectivity index (χ1n) is 10.5. The van der Waals surface area contributed by atoms with E-state index in [9.17, 15) is 9.50 Å². The van der Waals surface area contributed by atoms with Crippen LogP contribution < -0.4 is 0 Å². The molecule has 0 aromatic rings. The Balaban J connectivity index is 1.64. The van der Waals surface area contributed by atoms with Crippen molar-refractivity contribution >= 4 is 0 Å². The van der Waals surface area contributed by atoms with Crippen molar-refractivity contribution in [3.63, 3.8) is 0 Å². The third kappa shape index (κ3) is 5.06. The molecule has 1 saturated carbocycles. The lowest BCUT2D eigenvalue weighted by atomic mass is 9.87. The summed E-state index contributed by atoms with van der Waals surface area (Å²) in [6.07, 6.45) is 8.68. The topological polar surface area (TPSA) is 47.9 Å². The molecule has 1 N–H and O–H groups in total. The van der Waals surface area contributed by atoms with Gasteiger partial charge < -0.3 is 19.3 Å². The number of allylic oxidation sites excluding steroid dienone is 1. The Labute approximate surface area is 157 Å². The lowest BCUT2D eigenvalue weighted by Gasteiger charge is -2.28. The molecule has 3 aliphatic rings. The van der Waals surface area contributed by atoms with Crippen LogP contribution in [0.5, 0.6) is 0 Å². The van der Waals surface area contributed by atoms with Crippen LogP contribution in [-0.4, -0.2) is 42.7 Å². The van der Waals surface area contributed by atoms with Gasteiger partial charge in [-0.3, -0.25) is 0 Å². The SMILES string of the molecule is CCCC[C@@H](F)[C@@H](C=C[C@@H]1[C@H]2C[C@H](O)O[C@H]2C[C@H]1C)OC1CCCCO1. The molecule has 1 unspecified atom stereocenters. The van der Waals surface area contributed by atoms with Crippen molar-refractivity contribution in [3.8, 4) is 0 Å². The summed E-state index contributed by atoms with van der Waals surface area (Å²) in [6, 6.07) is 0. The van der Waals surface area contributed by atoms with E-state index in [-0.39, 0.29) is 12.4 Å². The van der Waals surface area contributed by atoms with E-state index in [1.165, 1.54) is 0 Å². The average molecular weight is 371 g/mol. The van der Waals surface area contributed by atoms with E-state index in [0.29, 0.717) is 37.2 Å². The van der Waals surface area contributed by atoms with Crippen LogP contribution in [0, 0.1) is 17.8 Å². The van der Waals surface area contributed by atoms with Crippen LogP contribution in [0.2, 0.25) is 0 Å². The molecule has 0 bridgehead atoms. The maximum Gasteiger partial charge on any atom is 0.158 e. The highest BCUT2D eigenvalue weighted by molar-refractivity contribution is 5.06. The summed E-state index contributed by atoms with van der Waals surface area (Å²) in [7, 11) is 0. The van der Waals surface area contributed by atoms with Crippen LogP contribution in [-0.2, 0) is 14.2 Å². The summed E-state index contributed by atoms with van der Waals surface area (Å²) >= 11 is 0. The van der Waals surface area contributed by atoms with Gasteiger partial charge in [0.05, 0.1) is 6.10 Å². The highest BCUT2D eigenvalue weighted by atomic mass is 19.1. The van der Waals surface area contributed by atoms with Gasteiger partial charge in [0.1, 0.15) is 12.3 Å². The van der Waals surface area contributed by atoms with Gasteiger partial charge in [0.25, 0.3) is 0 Å². The molecule has 2 aliphatic heterocycles. The minimum absolute atomic E-state index is 0.136. The zero-order chi connectivity index (χ0) is 18.5. The lowest BCUT2D eigenvalue weighted by Crippen LogP contribution is -2.32. The maximum absolute atomic E-state index is 14.8. The highest BCUT2D eigenvalue weighted by Crippen LogP contribution is 2.46. The number of aliphatic hydroxyl groups is 1. The molecule has 3 rings (SSSR count). The van der Waals surface area contributed by atoms with E-state index in [2.05, 4.69) is 19.9 Å². The molecule has 3 fully saturated rings. The lowest BCUT2D eigenvalue weighted by molar-refractivity contribution is -0.189. The largest absolute Gasteiger partial charge is 0.368 e. The summed E-state index contributed by atoms with van der Waals surface area (Å²) in [4.78, 5) is 0. The van der Waals surface area contributed by atoms with Gasteiger partial charge in [-0.05, 0) is 49.9 Å². The first-order valence-corrected chi connectivity index (χ1v) is 10.5. The summed E-state index contributed by atoms with van der Waals surface area (Å²) in [5, 5.41) is 9.77. The number of hydrogen-bond acceptors (Lipinski definition) is 4. The maximum atomic E-state index is 14.8. The van der Waals surface area contributed by atoms with Crippen molar-refractivity contribution in [2.75, 3.05) is 6.61 Å². The molecule has 8 atom stereocenters. The molecule has 0 amide bonds. The Bertz CT molecular complexity index is 451. The van der Waals surface area contributed by atoms with Gasteiger partial charge in [-0.25, -0.2) is 4.39 Å². The number of fused-ring (bicyclic) bond motifs is 1.